The summed E-state index contributed by atoms with van der Waals surface area (Å²) in [5.74, 6) is -0.379. The molecule has 2 N–H and O–H groups in total. The minimum atomic E-state index is -0.512. The molecule has 1 aromatic rings. The largest absolute Gasteiger partial charge is 0.493 e. The maximum Gasteiger partial charge on any atom is 0.344 e. The van der Waals surface area contributed by atoms with Gasteiger partial charge in [-0.25, -0.2) is 4.79 Å². The number of ether oxygens (including phenoxy) is 3. The van der Waals surface area contributed by atoms with Gasteiger partial charge in [-0.05, 0) is 42.5 Å². The number of carbonyl (C=O) groups is 2. The average molecular weight is 371 g/mol. The standard InChI is InChI=1S/C15H15ClN2O5S/c1-3-22-12(19)7-23-13-9(16)4-8(5-10(13)21-2)6-11-14(20)18-15(17)24-11/h4-6H,3,7H2,1-2H3,(H2,17,18,20). The Morgan fingerprint density at radius 3 is 2.79 bits per heavy atom. The van der Waals surface area contributed by atoms with Crippen LogP contribution in [0.5, 0.6) is 11.5 Å². The van der Waals surface area contributed by atoms with Crippen molar-refractivity contribution in [1.82, 2.24) is 0 Å². The molecule has 0 aromatic heterocycles. The van der Waals surface area contributed by atoms with Crippen LogP contribution in [0.2, 0.25) is 5.02 Å². The van der Waals surface area contributed by atoms with Crippen LogP contribution >= 0.6 is 23.4 Å². The number of hydrogen-bond donors (Lipinski definition) is 1. The summed E-state index contributed by atoms with van der Waals surface area (Å²) in [6.07, 6.45) is 1.60. The number of nitrogens with zero attached hydrogens (tertiary/aromatic N) is 1. The number of halogens is 1. The molecule has 0 atom stereocenters. The van der Waals surface area contributed by atoms with E-state index in [1.165, 1.54) is 7.11 Å². The van der Waals surface area contributed by atoms with Crippen molar-refractivity contribution in [2.75, 3.05) is 20.3 Å². The van der Waals surface area contributed by atoms with E-state index in [2.05, 4.69) is 4.99 Å². The fraction of sp³-hybridized carbons (Fsp3) is 0.267. The van der Waals surface area contributed by atoms with Crippen LogP contribution in [0, 0.1) is 0 Å². The number of amides is 1. The van der Waals surface area contributed by atoms with Crippen molar-refractivity contribution in [2.45, 2.75) is 6.92 Å². The monoisotopic (exact) mass is 370 g/mol. The lowest BCUT2D eigenvalue weighted by Crippen LogP contribution is -2.15. The summed E-state index contributed by atoms with van der Waals surface area (Å²) in [6, 6.07) is 3.21. The highest BCUT2D eigenvalue weighted by Crippen LogP contribution is 2.38. The molecule has 2 rings (SSSR count). The van der Waals surface area contributed by atoms with Crippen LogP contribution in [0.1, 0.15) is 12.5 Å². The van der Waals surface area contributed by atoms with Crippen LogP contribution in [-0.2, 0) is 14.3 Å². The molecule has 1 heterocycles. The lowest BCUT2D eigenvalue weighted by atomic mass is 10.2. The van der Waals surface area contributed by atoms with E-state index in [1.807, 2.05) is 0 Å². The molecule has 0 aliphatic carbocycles. The second-order valence-corrected chi connectivity index (χ2v) is 5.96. The van der Waals surface area contributed by atoms with Gasteiger partial charge in [0.2, 0.25) is 0 Å². The molecule has 0 radical (unpaired) electrons. The zero-order valence-electron chi connectivity index (χ0n) is 13.0. The Labute approximate surface area is 147 Å². The molecule has 0 spiro atoms. The minimum Gasteiger partial charge on any atom is -0.493 e. The molecule has 0 saturated heterocycles. The minimum absolute atomic E-state index is 0.193. The van der Waals surface area contributed by atoms with Crippen LogP contribution in [0.25, 0.3) is 6.08 Å². The Hall–Kier alpha value is -2.19. The molecule has 24 heavy (non-hydrogen) atoms. The van der Waals surface area contributed by atoms with E-state index in [4.69, 9.17) is 31.5 Å². The second kappa shape index (κ2) is 8.07. The molecule has 1 aliphatic rings. The lowest BCUT2D eigenvalue weighted by Gasteiger charge is -2.13. The van der Waals surface area contributed by atoms with E-state index in [-0.39, 0.29) is 29.2 Å². The number of rotatable bonds is 6. The molecule has 0 unspecified atom stereocenters. The van der Waals surface area contributed by atoms with Crippen molar-refractivity contribution in [3.05, 3.63) is 27.6 Å². The Bertz CT molecular complexity index is 733. The van der Waals surface area contributed by atoms with Gasteiger partial charge in [0.15, 0.2) is 23.3 Å². The average Bonchev–Trinajstić information content (AvgIpc) is 2.83. The Balaban J connectivity index is 2.23. The van der Waals surface area contributed by atoms with Crippen molar-refractivity contribution >= 4 is 46.5 Å². The van der Waals surface area contributed by atoms with Crippen LogP contribution < -0.4 is 15.2 Å². The van der Waals surface area contributed by atoms with Gasteiger partial charge in [-0.1, -0.05) is 11.6 Å². The maximum absolute atomic E-state index is 11.6. The van der Waals surface area contributed by atoms with E-state index in [9.17, 15) is 9.59 Å². The van der Waals surface area contributed by atoms with E-state index in [0.717, 1.165) is 11.8 Å². The molecule has 128 valence electrons. The van der Waals surface area contributed by atoms with Gasteiger partial charge < -0.3 is 19.9 Å². The van der Waals surface area contributed by atoms with E-state index < -0.39 is 11.9 Å². The Kier molecular flexibility index (Phi) is 6.10. The Morgan fingerprint density at radius 2 is 2.21 bits per heavy atom. The number of benzene rings is 1. The van der Waals surface area contributed by atoms with Gasteiger partial charge in [-0.15, -0.1) is 0 Å². The summed E-state index contributed by atoms with van der Waals surface area (Å²) in [4.78, 5) is 27.0. The zero-order valence-corrected chi connectivity index (χ0v) is 14.6. The number of methoxy groups -OCH3 is 1. The molecular formula is C15H15ClN2O5S. The van der Waals surface area contributed by atoms with Gasteiger partial charge in [0.05, 0.1) is 23.6 Å². The quantitative estimate of drug-likeness (QED) is 0.605. The van der Waals surface area contributed by atoms with E-state index in [0.29, 0.717) is 16.2 Å². The molecule has 1 aromatic carbocycles. The first-order valence-corrected chi connectivity index (χ1v) is 8.08. The molecular weight excluding hydrogens is 356 g/mol. The highest BCUT2D eigenvalue weighted by atomic mass is 35.5. The number of nitrogens with two attached hydrogens (primary N) is 1. The first-order valence-electron chi connectivity index (χ1n) is 6.88. The fourth-order valence-corrected chi connectivity index (χ4v) is 2.83. The van der Waals surface area contributed by atoms with Crippen molar-refractivity contribution in [3.8, 4) is 11.5 Å². The molecule has 1 aliphatic heterocycles. The number of esters is 1. The van der Waals surface area contributed by atoms with Gasteiger partial charge in [-0.3, -0.25) is 4.79 Å². The summed E-state index contributed by atoms with van der Waals surface area (Å²) in [5, 5.41) is 0.425. The number of amidine groups is 1. The third kappa shape index (κ3) is 4.42. The van der Waals surface area contributed by atoms with Gasteiger partial charge in [0.1, 0.15) is 0 Å². The van der Waals surface area contributed by atoms with Crippen molar-refractivity contribution < 1.29 is 23.8 Å². The SMILES string of the molecule is CCOC(=O)COc1c(Cl)cc(C=C2SC(N)=NC2=O)cc1OC. The summed E-state index contributed by atoms with van der Waals surface area (Å²) >= 11 is 7.27. The third-order valence-corrected chi connectivity index (χ3v) is 3.92. The van der Waals surface area contributed by atoms with Crippen LogP contribution in [0.15, 0.2) is 22.0 Å². The van der Waals surface area contributed by atoms with Crippen molar-refractivity contribution in [2.24, 2.45) is 10.7 Å². The first-order chi connectivity index (χ1) is 11.4. The van der Waals surface area contributed by atoms with E-state index in [1.54, 1.807) is 25.1 Å². The summed E-state index contributed by atoms with van der Waals surface area (Å²) < 4.78 is 15.4. The maximum atomic E-state index is 11.6. The van der Waals surface area contributed by atoms with Gasteiger partial charge >= 0.3 is 5.97 Å². The highest BCUT2D eigenvalue weighted by molar-refractivity contribution is 8.18. The van der Waals surface area contributed by atoms with Crippen LogP contribution in [0.3, 0.4) is 0 Å². The molecule has 0 fully saturated rings. The van der Waals surface area contributed by atoms with Gasteiger partial charge in [0.25, 0.3) is 5.91 Å². The number of thioether (sulfide) groups is 1. The normalized spacial score (nSPS) is 15.4. The predicted molar refractivity (Wildman–Crippen MR) is 92.3 cm³/mol. The van der Waals surface area contributed by atoms with Crippen molar-refractivity contribution in [1.29, 1.82) is 0 Å². The zero-order chi connectivity index (χ0) is 17.7. The predicted octanol–water partition coefficient (Wildman–Crippen LogP) is 2.22. The van der Waals surface area contributed by atoms with Crippen LogP contribution in [0.4, 0.5) is 0 Å². The van der Waals surface area contributed by atoms with Gasteiger partial charge in [0, 0.05) is 0 Å². The summed E-state index contributed by atoms with van der Waals surface area (Å²) in [6.45, 7) is 1.67. The second-order valence-electron chi connectivity index (χ2n) is 4.49. The summed E-state index contributed by atoms with van der Waals surface area (Å²) in [7, 11) is 1.44. The van der Waals surface area contributed by atoms with Gasteiger partial charge in [-0.2, -0.15) is 4.99 Å². The molecule has 7 nitrogen and oxygen atoms in total. The fourth-order valence-electron chi connectivity index (χ4n) is 1.87. The highest BCUT2D eigenvalue weighted by Gasteiger charge is 2.20. The van der Waals surface area contributed by atoms with Crippen molar-refractivity contribution in [3.63, 3.8) is 0 Å². The molecule has 0 bridgehead atoms. The first kappa shape index (κ1) is 18.2. The summed E-state index contributed by atoms with van der Waals surface area (Å²) in [5.41, 5.74) is 6.12. The number of carbonyl (C=O) groups excluding carboxylic acids is 2. The molecule has 0 saturated carbocycles. The smallest absolute Gasteiger partial charge is 0.344 e. The van der Waals surface area contributed by atoms with Crippen LogP contribution in [-0.4, -0.2) is 37.4 Å². The molecule has 1 amide bonds. The third-order valence-electron chi connectivity index (χ3n) is 2.83. The topological polar surface area (TPSA) is 100 Å². The lowest BCUT2D eigenvalue weighted by molar-refractivity contribution is -0.145. The molecule has 9 heteroatoms. The van der Waals surface area contributed by atoms with E-state index >= 15 is 0 Å². The number of aliphatic imine (C=N–C) groups is 1. The Morgan fingerprint density at radius 1 is 1.46 bits per heavy atom. The number of hydrogen-bond acceptors (Lipinski definition) is 7.